The zero-order chi connectivity index (χ0) is 19.6. The molecule has 1 aliphatic carbocycles. The van der Waals surface area contributed by atoms with Crippen molar-refractivity contribution in [2.24, 2.45) is 5.92 Å². The fourth-order valence-electron chi connectivity index (χ4n) is 4.17. The number of rotatable bonds is 7. The van der Waals surface area contributed by atoms with E-state index in [2.05, 4.69) is 0 Å². The van der Waals surface area contributed by atoms with E-state index in [0.29, 0.717) is 13.2 Å². The molecule has 0 bridgehead atoms. The van der Waals surface area contributed by atoms with E-state index in [9.17, 15) is 5.11 Å². The Morgan fingerprint density at radius 3 is 1.82 bits per heavy atom. The van der Waals surface area contributed by atoms with Gasteiger partial charge in [0.15, 0.2) is 5.79 Å². The van der Waals surface area contributed by atoms with Gasteiger partial charge in [-0.3, -0.25) is 0 Å². The molecular formula is C23H28O5. The van der Waals surface area contributed by atoms with Crippen LogP contribution in [0.5, 0.6) is 0 Å². The van der Waals surface area contributed by atoms with Gasteiger partial charge in [0.25, 0.3) is 0 Å². The molecule has 0 unspecified atom stereocenters. The van der Waals surface area contributed by atoms with Crippen molar-refractivity contribution >= 4 is 0 Å². The Morgan fingerprint density at radius 1 is 0.786 bits per heavy atom. The van der Waals surface area contributed by atoms with Crippen LogP contribution >= 0.6 is 0 Å². The van der Waals surface area contributed by atoms with E-state index >= 15 is 0 Å². The second-order valence-electron chi connectivity index (χ2n) is 7.93. The van der Waals surface area contributed by atoms with Gasteiger partial charge in [-0.25, -0.2) is 0 Å². The highest BCUT2D eigenvalue weighted by molar-refractivity contribution is 5.15. The zero-order valence-corrected chi connectivity index (χ0v) is 16.4. The Balaban J connectivity index is 1.52. The van der Waals surface area contributed by atoms with Crippen molar-refractivity contribution in [3.8, 4) is 0 Å². The highest BCUT2D eigenvalue weighted by atomic mass is 16.8. The number of ether oxygens (including phenoxy) is 4. The Morgan fingerprint density at radius 2 is 1.29 bits per heavy atom. The molecule has 5 heteroatoms. The van der Waals surface area contributed by atoms with Gasteiger partial charge in [0.1, 0.15) is 12.2 Å². The average molecular weight is 384 g/mol. The number of hydrogen-bond donors (Lipinski definition) is 1. The van der Waals surface area contributed by atoms with Crippen LogP contribution in [0.15, 0.2) is 60.7 Å². The molecule has 5 nitrogen and oxygen atoms in total. The summed E-state index contributed by atoms with van der Waals surface area (Å²) in [5.41, 5.74) is 2.17. The molecule has 2 aromatic rings. The van der Waals surface area contributed by atoms with E-state index in [4.69, 9.17) is 18.9 Å². The molecule has 0 spiro atoms. The molecule has 1 N–H and O–H groups in total. The fraction of sp³-hybridized carbons (Fsp3) is 0.478. The standard InChI is InChI=1S/C23H28O5/c1-23(2)27-20-18(13-24)19(25-14-16-9-5-3-6-10-16)21(22(20)28-23)26-15-17-11-7-4-8-12-17/h3-12,18-22,24H,13-15H2,1-2H3/t18-,19+,20+,21+,22+/m0/s1. The van der Waals surface area contributed by atoms with E-state index in [1.54, 1.807) is 0 Å². The Kier molecular flexibility index (Phi) is 5.80. The van der Waals surface area contributed by atoms with Crippen LogP contribution in [0.3, 0.4) is 0 Å². The maximum Gasteiger partial charge on any atom is 0.163 e. The Bertz CT molecular complexity index is 748. The molecule has 2 aromatic carbocycles. The first-order valence-corrected chi connectivity index (χ1v) is 9.85. The fourth-order valence-corrected chi connectivity index (χ4v) is 4.17. The van der Waals surface area contributed by atoms with Crippen molar-refractivity contribution in [1.29, 1.82) is 0 Å². The third-order valence-corrected chi connectivity index (χ3v) is 5.44. The summed E-state index contributed by atoms with van der Waals surface area (Å²) >= 11 is 0. The lowest BCUT2D eigenvalue weighted by atomic mass is 10.0. The molecule has 2 aliphatic rings. The van der Waals surface area contributed by atoms with Gasteiger partial charge in [-0.15, -0.1) is 0 Å². The number of aliphatic hydroxyl groups is 1. The topological polar surface area (TPSA) is 57.2 Å². The van der Waals surface area contributed by atoms with Crippen LogP contribution in [0, 0.1) is 5.92 Å². The van der Waals surface area contributed by atoms with Crippen molar-refractivity contribution in [1.82, 2.24) is 0 Å². The molecule has 1 aliphatic heterocycles. The predicted octanol–water partition coefficient (Wildman–Crippen LogP) is 3.30. The molecule has 1 saturated carbocycles. The summed E-state index contributed by atoms with van der Waals surface area (Å²) in [7, 11) is 0. The molecule has 4 rings (SSSR count). The van der Waals surface area contributed by atoms with Gasteiger partial charge in [0, 0.05) is 5.92 Å². The second kappa shape index (κ2) is 8.31. The first-order chi connectivity index (χ1) is 13.6. The van der Waals surface area contributed by atoms with Crippen LogP contribution in [0.25, 0.3) is 0 Å². The zero-order valence-electron chi connectivity index (χ0n) is 16.4. The summed E-state index contributed by atoms with van der Waals surface area (Å²) in [4.78, 5) is 0. The van der Waals surface area contributed by atoms with Crippen molar-refractivity contribution in [2.45, 2.75) is 57.3 Å². The molecule has 0 amide bonds. The third kappa shape index (κ3) is 4.14. The number of hydrogen-bond acceptors (Lipinski definition) is 5. The summed E-state index contributed by atoms with van der Waals surface area (Å²) < 4.78 is 24.8. The molecule has 1 saturated heterocycles. The van der Waals surface area contributed by atoms with Gasteiger partial charge in [0.2, 0.25) is 0 Å². The molecule has 28 heavy (non-hydrogen) atoms. The Hall–Kier alpha value is -1.76. The van der Waals surface area contributed by atoms with Gasteiger partial charge in [-0.05, 0) is 25.0 Å². The molecule has 5 atom stereocenters. The highest BCUT2D eigenvalue weighted by Gasteiger charge is 2.59. The second-order valence-corrected chi connectivity index (χ2v) is 7.93. The Labute approximate surface area is 166 Å². The first-order valence-electron chi connectivity index (χ1n) is 9.85. The summed E-state index contributed by atoms with van der Waals surface area (Å²) in [6.07, 6.45) is -1.13. The maximum atomic E-state index is 10.1. The molecule has 150 valence electrons. The predicted molar refractivity (Wildman–Crippen MR) is 104 cm³/mol. The van der Waals surface area contributed by atoms with E-state index in [1.165, 1.54) is 0 Å². The minimum Gasteiger partial charge on any atom is -0.396 e. The maximum absolute atomic E-state index is 10.1. The van der Waals surface area contributed by atoms with Crippen LogP contribution in [0.4, 0.5) is 0 Å². The van der Waals surface area contributed by atoms with Crippen molar-refractivity contribution in [3.63, 3.8) is 0 Å². The summed E-state index contributed by atoms with van der Waals surface area (Å²) in [5.74, 6) is -0.891. The minimum atomic E-state index is -0.693. The van der Waals surface area contributed by atoms with Gasteiger partial charge in [-0.2, -0.15) is 0 Å². The number of fused-ring (bicyclic) bond motifs is 1. The number of aliphatic hydroxyl groups excluding tert-OH is 1. The lowest BCUT2D eigenvalue weighted by molar-refractivity contribution is -0.199. The lowest BCUT2D eigenvalue weighted by Gasteiger charge is -2.30. The van der Waals surface area contributed by atoms with Gasteiger partial charge in [-0.1, -0.05) is 60.7 Å². The molecule has 2 fully saturated rings. The first kappa shape index (κ1) is 19.6. The van der Waals surface area contributed by atoms with E-state index in [-0.39, 0.29) is 36.9 Å². The molecular weight excluding hydrogens is 356 g/mol. The van der Waals surface area contributed by atoms with Gasteiger partial charge < -0.3 is 24.1 Å². The van der Waals surface area contributed by atoms with Crippen molar-refractivity contribution in [3.05, 3.63) is 71.8 Å². The SMILES string of the molecule is CC1(C)O[C@H]2[C@H](OCc3ccccc3)[C@H](OCc3ccccc3)[C@H](CO)[C@H]2O1. The third-order valence-electron chi connectivity index (χ3n) is 5.44. The summed E-state index contributed by atoms with van der Waals surface area (Å²) in [6, 6.07) is 20.1. The normalized spacial score (nSPS) is 31.0. The highest BCUT2D eigenvalue weighted by Crippen LogP contribution is 2.44. The molecule has 1 heterocycles. The van der Waals surface area contributed by atoms with Crippen LogP contribution in [0.1, 0.15) is 25.0 Å². The number of benzene rings is 2. The summed E-state index contributed by atoms with van der Waals surface area (Å²) in [5, 5.41) is 10.1. The van der Waals surface area contributed by atoms with Crippen LogP contribution < -0.4 is 0 Å². The average Bonchev–Trinajstić information content (AvgIpc) is 3.15. The van der Waals surface area contributed by atoms with E-state index < -0.39 is 5.79 Å². The van der Waals surface area contributed by atoms with Crippen molar-refractivity contribution < 1.29 is 24.1 Å². The monoisotopic (exact) mass is 384 g/mol. The van der Waals surface area contributed by atoms with Crippen LogP contribution in [-0.4, -0.2) is 41.9 Å². The van der Waals surface area contributed by atoms with E-state index in [1.807, 2.05) is 74.5 Å². The van der Waals surface area contributed by atoms with E-state index in [0.717, 1.165) is 11.1 Å². The smallest absolute Gasteiger partial charge is 0.163 e. The minimum absolute atomic E-state index is 0.0364. The van der Waals surface area contributed by atoms with Crippen LogP contribution in [-0.2, 0) is 32.2 Å². The lowest BCUT2D eigenvalue weighted by Crippen LogP contribution is -2.40. The van der Waals surface area contributed by atoms with Gasteiger partial charge >= 0.3 is 0 Å². The molecule has 0 radical (unpaired) electrons. The van der Waals surface area contributed by atoms with Gasteiger partial charge in [0.05, 0.1) is 32.0 Å². The van der Waals surface area contributed by atoms with Crippen molar-refractivity contribution in [2.75, 3.05) is 6.61 Å². The summed E-state index contributed by atoms with van der Waals surface area (Å²) in [6.45, 7) is 4.67. The quantitative estimate of drug-likeness (QED) is 0.794. The largest absolute Gasteiger partial charge is 0.396 e. The van der Waals surface area contributed by atoms with Crippen LogP contribution in [0.2, 0.25) is 0 Å². The molecule has 0 aromatic heterocycles.